The summed E-state index contributed by atoms with van der Waals surface area (Å²) >= 11 is 0. The smallest absolute Gasteiger partial charge is 0.243 e. The molecule has 3 amide bonds. The van der Waals surface area contributed by atoms with Crippen molar-refractivity contribution in [3.63, 3.8) is 0 Å². The second kappa shape index (κ2) is 12.3. The van der Waals surface area contributed by atoms with Gasteiger partial charge in [0.15, 0.2) is 0 Å². The van der Waals surface area contributed by atoms with Gasteiger partial charge in [0.2, 0.25) is 17.7 Å². The average Bonchev–Trinajstić information content (AvgIpc) is 2.84. The number of carbonyl (C=O) groups excluding carboxylic acids is 3. The number of amides is 3. The zero-order chi connectivity index (χ0) is 25.2. The Bertz CT molecular complexity index is 1150. The van der Waals surface area contributed by atoms with Crippen LogP contribution >= 0.6 is 0 Å². The highest BCUT2D eigenvalue weighted by molar-refractivity contribution is 5.91. The zero-order valence-corrected chi connectivity index (χ0v) is 19.4. The molecule has 35 heavy (non-hydrogen) atoms. The molecular formula is C27H28FN3O4. The number of benzene rings is 3. The summed E-state index contributed by atoms with van der Waals surface area (Å²) in [6.45, 7) is 1.68. The molecule has 0 bridgehead atoms. The SMILES string of the molecule is CC(=O)N[C@H](Cc1ccc(F)cc1)C(=O)N[C@@H](Cc1cccc(OCc2ccccc2)c1)C(N)=O. The van der Waals surface area contributed by atoms with Crippen molar-refractivity contribution in [1.82, 2.24) is 10.6 Å². The number of halogens is 1. The summed E-state index contributed by atoms with van der Waals surface area (Å²) in [4.78, 5) is 36.7. The Labute approximate surface area is 203 Å². The number of primary amides is 1. The number of nitrogens with two attached hydrogens (primary N) is 1. The molecule has 0 saturated carbocycles. The monoisotopic (exact) mass is 477 g/mol. The summed E-state index contributed by atoms with van der Waals surface area (Å²) < 4.78 is 19.0. The Hall–Kier alpha value is -4.20. The Balaban J connectivity index is 1.66. The second-order valence-electron chi connectivity index (χ2n) is 8.17. The molecular weight excluding hydrogens is 449 g/mol. The predicted octanol–water partition coefficient (Wildman–Crippen LogP) is 2.66. The molecule has 3 aromatic carbocycles. The van der Waals surface area contributed by atoms with Crippen molar-refractivity contribution in [2.45, 2.75) is 38.5 Å². The average molecular weight is 478 g/mol. The molecule has 2 atom stereocenters. The third-order valence-corrected chi connectivity index (χ3v) is 5.29. The van der Waals surface area contributed by atoms with E-state index in [1.165, 1.54) is 31.2 Å². The van der Waals surface area contributed by atoms with Crippen molar-refractivity contribution in [3.8, 4) is 5.75 Å². The molecule has 0 spiro atoms. The molecule has 8 heteroatoms. The van der Waals surface area contributed by atoms with Crippen molar-refractivity contribution >= 4 is 17.7 Å². The number of hydrogen-bond acceptors (Lipinski definition) is 4. The van der Waals surface area contributed by atoms with Gasteiger partial charge in [-0.3, -0.25) is 14.4 Å². The van der Waals surface area contributed by atoms with Gasteiger partial charge in [0.05, 0.1) is 0 Å². The summed E-state index contributed by atoms with van der Waals surface area (Å²) in [6.07, 6.45) is 0.271. The molecule has 0 aliphatic heterocycles. The van der Waals surface area contributed by atoms with Gasteiger partial charge in [-0.1, -0.05) is 54.6 Å². The van der Waals surface area contributed by atoms with E-state index in [1.807, 2.05) is 30.3 Å². The molecule has 0 heterocycles. The van der Waals surface area contributed by atoms with Crippen molar-refractivity contribution in [1.29, 1.82) is 0 Å². The van der Waals surface area contributed by atoms with Gasteiger partial charge in [0.25, 0.3) is 0 Å². The van der Waals surface area contributed by atoms with E-state index in [0.717, 1.165) is 11.1 Å². The molecule has 4 N–H and O–H groups in total. The van der Waals surface area contributed by atoms with Gasteiger partial charge in [0, 0.05) is 19.8 Å². The van der Waals surface area contributed by atoms with E-state index in [1.54, 1.807) is 24.3 Å². The molecule has 3 rings (SSSR count). The summed E-state index contributed by atoms with van der Waals surface area (Å²) in [5.41, 5.74) is 7.98. The Morgan fingerprint density at radius 2 is 1.49 bits per heavy atom. The van der Waals surface area contributed by atoms with Gasteiger partial charge in [-0.15, -0.1) is 0 Å². The molecule has 182 valence electrons. The van der Waals surface area contributed by atoms with Crippen molar-refractivity contribution < 1.29 is 23.5 Å². The third-order valence-electron chi connectivity index (χ3n) is 5.29. The first-order valence-corrected chi connectivity index (χ1v) is 11.2. The van der Waals surface area contributed by atoms with Crippen LogP contribution in [-0.2, 0) is 33.8 Å². The topological polar surface area (TPSA) is 111 Å². The maximum Gasteiger partial charge on any atom is 0.243 e. The minimum absolute atomic E-state index is 0.125. The molecule has 7 nitrogen and oxygen atoms in total. The fourth-order valence-electron chi connectivity index (χ4n) is 3.54. The standard InChI is InChI=1S/C27H28FN3O4/c1-18(32)30-25(15-19-10-12-22(28)13-11-19)27(34)31-24(26(29)33)16-21-8-5-9-23(14-21)35-17-20-6-3-2-4-7-20/h2-14,24-25H,15-17H2,1H3,(H2,29,33)(H,30,32)(H,31,34)/t24-,25+/m0/s1. The van der Waals surface area contributed by atoms with Crippen LogP contribution in [-0.4, -0.2) is 29.8 Å². The van der Waals surface area contributed by atoms with E-state index < -0.39 is 35.6 Å². The van der Waals surface area contributed by atoms with Gasteiger partial charge < -0.3 is 21.1 Å². The molecule has 0 aliphatic rings. The highest BCUT2D eigenvalue weighted by Gasteiger charge is 2.25. The van der Waals surface area contributed by atoms with Gasteiger partial charge in [-0.05, 0) is 41.0 Å². The minimum Gasteiger partial charge on any atom is -0.489 e. The fraction of sp³-hybridized carbons (Fsp3) is 0.222. The maximum absolute atomic E-state index is 13.2. The normalized spacial score (nSPS) is 12.3. The van der Waals surface area contributed by atoms with Crippen LogP contribution in [0.15, 0.2) is 78.9 Å². The van der Waals surface area contributed by atoms with Crippen molar-refractivity contribution in [3.05, 3.63) is 101 Å². The third kappa shape index (κ3) is 8.26. The lowest BCUT2D eigenvalue weighted by molar-refractivity contribution is -0.130. The molecule has 0 unspecified atom stereocenters. The summed E-state index contributed by atoms with van der Waals surface area (Å²) in [7, 11) is 0. The molecule has 0 fully saturated rings. The summed E-state index contributed by atoms with van der Waals surface area (Å²) in [6, 6.07) is 20.6. The van der Waals surface area contributed by atoms with Crippen LogP contribution in [0.3, 0.4) is 0 Å². The quantitative estimate of drug-likeness (QED) is 0.394. The minimum atomic E-state index is -1.00. The fourth-order valence-corrected chi connectivity index (χ4v) is 3.54. The maximum atomic E-state index is 13.2. The Morgan fingerprint density at radius 1 is 0.829 bits per heavy atom. The van der Waals surface area contributed by atoms with E-state index in [-0.39, 0.29) is 12.8 Å². The van der Waals surface area contributed by atoms with Gasteiger partial charge >= 0.3 is 0 Å². The molecule has 0 aliphatic carbocycles. The van der Waals surface area contributed by atoms with Gasteiger partial charge in [-0.25, -0.2) is 4.39 Å². The van der Waals surface area contributed by atoms with Crippen molar-refractivity contribution in [2.75, 3.05) is 0 Å². The van der Waals surface area contributed by atoms with Crippen LogP contribution in [0, 0.1) is 5.82 Å². The van der Waals surface area contributed by atoms with E-state index in [9.17, 15) is 18.8 Å². The van der Waals surface area contributed by atoms with E-state index in [0.29, 0.717) is 17.9 Å². The Morgan fingerprint density at radius 3 is 2.14 bits per heavy atom. The second-order valence-corrected chi connectivity index (χ2v) is 8.17. The first kappa shape index (κ1) is 25.4. The molecule has 0 radical (unpaired) electrons. The summed E-state index contributed by atoms with van der Waals surface area (Å²) in [5, 5.41) is 5.21. The lowest BCUT2D eigenvalue weighted by Gasteiger charge is -2.22. The van der Waals surface area contributed by atoms with Crippen molar-refractivity contribution in [2.24, 2.45) is 5.73 Å². The van der Waals surface area contributed by atoms with Crippen LogP contribution in [0.4, 0.5) is 4.39 Å². The van der Waals surface area contributed by atoms with Crippen LogP contribution in [0.2, 0.25) is 0 Å². The van der Waals surface area contributed by atoms with E-state index in [2.05, 4.69) is 10.6 Å². The lowest BCUT2D eigenvalue weighted by Crippen LogP contribution is -2.54. The van der Waals surface area contributed by atoms with Crippen LogP contribution in [0.1, 0.15) is 23.6 Å². The van der Waals surface area contributed by atoms with Crippen LogP contribution in [0.25, 0.3) is 0 Å². The predicted molar refractivity (Wildman–Crippen MR) is 130 cm³/mol. The number of carbonyl (C=O) groups is 3. The lowest BCUT2D eigenvalue weighted by atomic mass is 10.0. The van der Waals surface area contributed by atoms with Gasteiger partial charge in [-0.2, -0.15) is 0 Å². The van der Waals surface area contributed by atoms with Crippen LogP contribution < -0.4 is 21.1 Å². The highest BCUT2D eigenvalue weighted by atomic mass is 19.1. The Kier molecular flexibility index (Phi) is 8.95. The largest absolute Gasteiger partial charge is 0.489 e. The number of rotatable bonds is 11. The van der Waals surface area contributed by atoms with E-state index >= 15 is 0 Å². The summed E-state index contributed by atoms with van der Waals surface area (Å²) in [5.74, 6) is -1.47. The van der Waals surface area contributed by atoms with Crippen LogP contribution in [0.5, 0.6) is 5.75 Å². The molecule has 3 aromatic rings. The highest BCUT2D eigenvalue weighted by Crippen LogP contribution is 2.17. The zero-order valence-electron chi connectivity index (χ0n) is 19.4. The first-order chi connectivity index (χ1) is 16.8. The van der Waals surface area contributed by atoms with Gasteiger partial charge in [0.1, 0.15) is 30.3 Å². The van der Waals surface area contributed by atoms with E-state index in [4.69, 9.17) is 10.5 Å². The molecule has 0 aromatic heterocycles. The molecule has 0 saturated heterocycles. The number of nitrogens with one attached hydrogen (secondary N) is 2. The number of ether oxygens (including phenoxy) is 1. The number of hydrogen-bond donors (Lipinski definition) is 3. The first-order valence-electron chi connectivity index (χ1n) is 11.2.